The molecule has 10 nitrogen and oxygen atoms in total. The van der Waals surface area contributed by atoms with Crippen LogP contribution in [-0.4, -0.2) is 37.2 Å². The summed E-state index contributed by atoms with van der Waals surface area (Å²) in [6.07, 6.45) is 0.0611. The Hall–Kier alpha value is -4.64. The molecular formula is C28H24N2O8S. The molecule has 2 heterocycles. The van der Waals surface area contributed by atoms with Gasteiger partial charge in [-0.1, -0.05) is 43.3 Å². The highest BCUT2D eigenvalue weighted by Gasteiger charge is 2.30. The predicted molar refractivity (Wildman–Crippen MR) is 140 cm³/mol. The van der Waals surface area contributed by atoms with E-state index in [4.69, 9.17) is 19.3 Å². The standard InChI is InChI=1S/C28H24N2O8S/c1-17(14-25(31)32)18-7-10-21(11-8-18)38-27(20-9-12-22-23(15-20)37-16-36-22)28(33)30-39(34,35)24-6-2-4-19-5-3-13-29-26(19)24/h2-13,15,17,27H,14,16H2,1H3,(H,30,33)(H,31,32). The number of hydrogen-bond donors (Lipinski definition) is 2. The fourth-order valence-electron chi connectivity index (χ4n) is 4.27. The van der Waals surface area contributed by atoms with Crippen molar-refractivity contribution in [3.8, 4) is 17.2 Å². The summed E-state index contributed by atoms with van der Waals surface area (Å²) in [5, 5.41) is 9.67. The molecule has 200 valence electrons. The van der Waals surface area contributed by atoms with Crippen molar-refractivity contribution in [1.29, 1.82) is 0 Å². The predicted octanol–water partition coefficient (Wildman–Crippen LogP) is 4.17. The van der Waals surface area contributed by atoms with Crippen molar-refractivity contribution in [3.05, 3.63) is 90.1 Å². The molecule has 1 amide bonds. The highest BCUT2D eigenvalue weighted by Crippen LogP contribution is 2.36. The molecule has 1 aliphatic heterocycles. The molecule has 0 saturated heterocycles. The minimum atomic E-state index is -4.33. The van der Waals surface area contributed by atoms with Gasteiger partial charge in [-0.3, -0.25) is 14.6 Å². The Morgan fingerprint density at radius 1 is 1.00 bits per heavy atom. The SMILES string of the molecule is CC(CC(=O)O)c1ccc(OC(C(=O)NS(=O)(=O)c2cccc3cccnc23)c2ccc3c(c2)OCO3)cc1. The van der Waals surface area contributed by atoms with Crippen molar-refractivity contribution in [1.82, 2.24) is 9.71 Å². The second kappa shape index (κ2) is 10.6. The Balaban J connectivity index is 1.45. The molecule has 5 rings (SSSR count). The fourth-order valence-corrected chi connectivity index (χ4v) is 5.44. The summed E-state index contributed by atoms with van der Waals surface area (Å²) in [5.74, 6) is -0.903. The van der Waals surface area contributed by atoms with E-state index in [1.807, 2.05) is 0 Å². The van der Waals surface area contributed by atoms with Crippen LogP contribution in [0.5, 0.6) is 17.2 Å². The van der Waals surface area contributed by atoms with Gasteiger partial charge in [0.05, 0.1) is 11.9 Å². The van der Waals surface area contributed by atoms with E-state index in [1.165, 1.54) is 12.3 Å². The molecule has 0 radical (unpaired) electrons. The number of pyridine rings is 1. The number of carboxylic acid groups (broad SMARTS) is 1. The lowest BCUT2D eigenvalue weighted by Crippen LogP contribution is -2.37. The van der Waals surface area contributed by atoms with Gasteiger partial charge < -0.3 is 19.3 Å². The van der Waals surface area contributed by atoms with E-state index >= 15 is 0 Å². The van der Waals surface area contributed by atoms with Crippen LogP contribution in [-0.2, 0) is 19.6 Å². The highest BCUT2D eigenvalue weighted by molar-refractivity contribution is 7.90. The van der Waals surface area contributed by atoms with Crippen LogP contribution in [0.2, 0.25) is 0 Å². The number of nitrogens with zero attached hydrogens (tertiary/aromatic N) is 1. The number of aliphatic carboxylic acids is 1. The lowest BCUT2D eigenvalue weighted by Gasteiger charge is -2.20. The van der Waals surface area contributed by atoms with Crippen LogP contribution in [0.15, 0.2) is 83.9 Å². The van der Waals surface area contributed by atoms with Crippen molar-refractivity contribution in [2.24, 2.45) is 0 Å². The second-order valence-electron chi connectivity index (χ2n) is 8.98. The number of ether oxygens (including phenoxy) is 3. The number of carboxylic acids is 1. The molecule has 0 aliphatic carbocycles. The summed E-state index contributed by atoms with van der Waals surface area (Å²) in [4.78, 5) is 28.6. The van der Waals surface area contributed by atoms with Gasteiger partial charge in [0, 0.05) is 17.1 Å². The third-order valence-corrected chi connectivity index (χ3v) is 7.62. The van der Waals surface area contributed by atoms with Crippen molar-refractivity contribution in [3.63, 3.8) is 0 Å². The number of sulfonamides is 1. The normalized spacial score (nSPS) is 14.0. The second-order valence-corrected chi connectivity index (χ2v) is 10.6. The van der Waals surface area contributed by atoms with Crippen LogP contribution in [0.4, 0.5) is 0 Å². The van der Waals surface area contributed by atoms with E-state index < -0.39 is 28.0 Å². The van der Waals surface area contributed by atoms with E-state index in [9.17, 15) is 18.0 Å². The number of carbonyl (C=O) groups excluding carboxylic acids is 1. The van der Waals surface area contributed by atoms with E-state index in [-0.39, 0.29) is 35.3 Å². The Labute approximate surface area is 224 Å². The number of para-hydroxylation sites is 1. The lowest BCUT2D eigenvalue weighted by molar-refractivity contribution is -0.137. The van der Waals surface area contributed by atoms with Crippen molar-refractivity contribution in [2.75, 3.05) is 6.79 Å². The first-order chi connectivity index (χ1) is 18.7. The number of carbonyl (C=O) groups is 2. The average molecular weight is 549 g/mol. The monoisotopic (exact) mass is 548 g/mol. The number of benzene rings is 3. The Morgan fingerprint density at radius 2 is 1.72 bits per heavy atom. The zero-order valence-electron chi connectivity index (χ0n) is 20.7. The van der Waals surface area contributed by atoms with Crippen LogP contribution in [0.1, 0.15) is 36.5 Å². The molecule has 0 fully saturated rings. The van der Waals surface area contributed by atoms with Crippen molar-refractivity contribution in [2.45, 2.75) is 30.3 Å². The minimum Gasteiger partial charge on any atom is -0.481 e. The summed E-state index contributed by atoms with van der Waals surface area (Å²) in [6, 6.07) is 19.5. The quantitative estimate of drug-likeness (QED) is 0.315. The number of hydrogen-bond acceptors (Lipinski definition) is 8. The zero-order chi connectivity index (χ0) is 27.6. The van der Waals surface area contributed by atoms with Gasteiger partial charge in [-0.2, -0.15) is 0 Å². The van der Waals surface area contributed by atoms with Crippen LogP contribution in [0, 0.1) is 0 Å². The Bertz CT molecular complexity index is 1650. The zero-order valence-corrected chi connectivity index (χ0v) is 21.6. The third-order valence-electron chi connectivity index (χ3n) is 6.24. The molecule has 11 heteroatoms. The first kappa shape index (κ1) is 26.0. The maximum absolute atomic E-state index is 13.5. The smallest absolute Gasteiger partial charge is 0.303 e. The largest absolute Gasteiger partial charge is 0.481 e. The van der Waals surface area contributed by atoms with Crippen molar-refractivity contribution < 1.29 is 37.3 Å². The molecule has 0 saturated carbocycles. The Kier molecular flexibility index (Phi) is 7.07. The molecule has 39 heavy (non-hydrogen) atoms. The van der Waals surface area contributed by atoms with E-state index in [1.54, 1.807) is 73.7 Å². The molecule has 0 spiro atoms. The number of aromatic nitrogens is 1. The first-order valence-electron chi connectivity index (χ1n) is 12.0. The van der Waals surface area contributed by atoms with Gasteiger partial charge in [-0.05, 0) is 47.9 Å². The Morgan fingerprint density at radius 3 is 2.49 bits per heavy atom. The summed E-state index contributed by atoms with van der Waals surface area (Å²) in [6.45, 7) is 1.81. The number of fused-ring (bicyclic) bond motifs is 2. The maximum Gasteiger partial charge on any atom is 0.303 e. The topological polar surface area (TPSA) is 141 Å². The number of amides is 1. The first-order valence-corrected chi connectivity index (χ1v) is 13.5. The van der Waals surface area contributed by atoms with Gasteiger partial charge in [-0.25, -0.2) is 13.1 Å². The summed E-state index contributed by atoms with van der Waals surface area (Å²) >= 11 is 0. The summed E-state index contributed by atoms with van der Waals surface area (Å²) in [7, 11) is -4.33. The third kappa shape index (κ3) is 5.63. The number of rotatable bonds is 9. The molecule has 4 aromatic rings. The average Bonchev–Trinajstić information content (AvgIpc) is 3.39. The van der Waals surface area contributed by atoms with Crippen LogP contribution < -0.4 is 18.9 Å². The van der Waals surface area contributed by atoms with Crippen LogP contribution in [0.3, 0.4) is 0 Å². The van der Waals surface area contributed by atoms with Gasteiger partial charge >= 0.3 is 5.97 Å². The molecule has 3 aromatic carbocycles. The molecule has 2 unspecified atom stereocenters. The van der Waals surface area contributed by atoms with E-state index in [0.29, 0.717) is 22.4 Å². The van der Waals surface area contributed by atoms with Gasteiger partial charge in [-0.15, -0.1) is 0 Å². The summed E-state index contributed by atoms with van der Waals surface area (Å²) < 4.78 is 45.5. The molecular weight excluding hydrogens is 524 g/mol. The maximum atomic E-state index is 13.5. The minimum absolute atomic E-state index is 0.0228. The van der Waals surface area contributed by atoms with Gasteiger partial charge in [0.25, 0.3) is 15.9 Å². The van der Waals surface area contributed by atoms with E-state index in [0.717, 1.165) is 5.56 Å². The summed E-state index contributed by atoms with van der Waals surface area (Å²) in [5.41, 5.74) is 1.35. The highest BCUT2D eigenvalue weighted by atomic mass is 32.2. The van der Waals surface area contributed by atoms with Crippen molar-refractivity contribution >= 4 is 32.8 Å². The molecule has 2 atom stereocenters. The lowest BCUT2D eigenvalue weighted by atomic mass is 9.98. The van der Waals surface area contributed by atoms with Gasteiger partial charge in [0.2, 0.25) is 12.9 Å². The van der Waals surface area contributed by atoms with Gasteiger partial charge in [0.1, 0.15) is 10.6 Å². The molecule has 0 bridgehead atoms. The van der Waals surface area contributed by atoms with E-state index in [2.05, 4.69) is 9.71 Å². The molecule has 2 N–H and O–H groups in total. The number of nitrogens with one attached hydrogen (secondary N) is 1. The van der Waals surface area contributed by atoms with Gasteiger partial charge in [0.15, 0.2) is 11.5 Å². The van der Waals surface area contributed by atoms with Crippen LogP contribution in [0.25, 0.3) is 10.9 Å². The van der Waals surface area contributed by atoms with Crippen LogP contribution >= 0.6 is 0 Å². The fraction of sp³-hybridized carbons (Fsp3) is 0.179. The molecule has 1 aliphatic rings. The molecule has 1 aromatic heterocycles.